The number of nitrogens with zero attached hydrogens (tertiary/aromatic N) is 2. The van der Waals surface area contributed by atoms with Crippen LogP contribution in [-0.4, -0.2) is 11.0 Å². The monoisotopic (exact) mass is 363 g/mol. The number of hydrogen-bond acceptors (Lipinski definition) is 4. The van der Waals surface area contributed by atoms with Crippen LogP contribution in [0.5, 0.6) is 11.5 Å². The first-order chi connectivity index (χ1) is 10.5. The molecule has 6 nitrogen and oxygen atoms in total. The largest absolute Gasteiger partial charge is 0.457 e. The van der Waals surface area contributed by atoms with Gasteiger partial charge in [-0.2, -0.15) is 5.01 Å². The number of primary amides is 1. The molecule has 0 aliphatic heterocycles. The van der Waals surface area contributed by atoms with E-state index in [2.05, 4.69) is 21.2 Å². The van der Waals surface area contributed by atoms with E-state index in [0.717, 1.165) is 10.0 Å². The minimum Gasteiger partial charge on any atom is -0.457 e. The number of ether oxygens (including phenoxy) is 1. The number of urea groups is 1. The van der Waals surface area contributed by atoms with Crippen LogP contribution in [0.2, 0.25) is 0 Å². The molecule has 1 atom stereocenters. The number of benzene rings is 2. The topological polar surface area (TPSA) is 85.0 Å². The summed E-state index contributed by atoms with van der Waals surface area (Å²) in [6, 6.07) is 13.0. The maximum atomic E-state index is 11.1. The number of amides is 2. The highest BCUT2D eigenvalue weighted by Gasteiger charge is 2.20. The second kappa shape index (κ2) is 7.04. The second-order valence-corrected chi connectivity index (χ2v) is 5.48. The van der Waals surface area contributed by atoms with Gasteiger partial charge in [0.05, 0.1) is 11.3 Å². The van der Waals surface area contributed by atoms with Crippen LogP contribution in [0, 0.1) is 4.91 Å². The average molecular weight is 364 g/mol. The van der Waals surface area contributed by atoms with Crippen molar-refractivity contribution >= 4 is 22.0 Å². The highest BCUT2D eigenvalue weighted by molar-refractivity contribution is 9.10. The predicted octanol–water partition coefficient (Wildman–Crippen LogP) is 4.36. The van der Waals surface area contributed by atoms with Crippen molar-refractivity contribution in [1.82, 2.24) is 5.01 Å². The third-order valence-electron chi connectivity index (χ3n) is 3.09. The van der Waals surface area contributed by atoms with Gasteiger partial charge in [-0.05, 0) is 48.9 Å². The lowest BCUT2D eigenvalue weighted by Gasteiger charge is -2.19. The zero-order valence-electron chi connectivity index (χ0n) is 11.8. The van der Waals surface area contributed by atoms with Crippen molar-refractivity contribution in [3.8, 4) is 11.5 Å². The number of hydrogen-bond donors (Lipinski definition) is 1. The summed E-state index contributed by atoms with van der Waals surface area (Å²) in [5.41, 5.74) is 5.82. The van der Waals surface area contributed by atoms with E-state index in [0.29, 0.717) is 16.5 Å². The number of halogens is 1. The summed E-state index contributed by atoms with van der Waals surface area (Å²) in [4.78, 5) is 21.8. The van der Waals surface area contributed by atoms with Crippen LogP contribution in [0.15, 0.2) is 58.3 Å². The molecule has 0 fully saturated rings. The lowest BCUT2D eigenvalue weighted by atomic mass is 10.1. The highest BCUT2D eigenvalue weighted by Crippen LogP contribution is 2.26. The van der Waals surface area contributed by atoms with Gasteiger partial charge in [0.2, 0.25) is 0 Å². The fourth-order valence-electron chi connectivity index (χ4n) is 1.90. The molecule has 0 aliphatic carbocycles. The minimum atomic E-state index is -0.891. The van der Waals surface area contributed by atoms with E-state index in [-0.39, 0.29) is 0 Å². The van der Waals surface area contributed by atoms with Gasteiger partial charge in [0.15, 0.2) is 0 Å². The van der Waals surface area contributed by atoms with Gasteiger partial charge in [-0.15, -0.1) is 4.91 Å². The molecule has 0 bridgehead atoms. The molecule has 0 radical (unpaired) electrons. The number of carbonyl (C=O) groups excluding carboxylic acids is 1. The van der Waals surface area contributed by atoms with Gasteiger partial charge in [-0.3, -0.25) is 0 Å². The van der Waals surface area contributed by atoms with Crippen molar-refractivity contribution in [1.29, 1.82) is 0 Å². The number of nitrogens with two attached hydrogens (primary N) is 1. The van der Waals surface area contributed by atoms with Crippen LogP contribution in [0.1, 0.15) is 18.5 Å². The van der Waals surface area contributed by atoms with Crippen LogP contribution < -0.4 is 10.5 Å². The van der Waals surface area contributed by atoms with Crippen molar-refractivity contribution in [3.63, 3.8) is 0 Å². The summed E-state index contributed by atoms with van der Waals surface area (Å²) in [5.74, 6) is 1.35. The van der Waals surface area contributed by atoms with E-state index >= 15 is 0 Å². The number of rotatable bonds is 5. The summed E-state index contributed by atoms with van der Waals surface area (Å²) in [5, 5.41) is 3.32. The average Bonchev–Trinajstić information content (AvgIpc) is 2.50. The fraction of sp³-hybridized carbons (Fsp3) is 0.133. The van der Waals surface area contributed by atoms with Crippen LogP contribution in [-0.2, 0) is 0 Å². The van der Waals surface area contributed by atoms with E-state index in [1.807, 2.05) is 24.3 Å². The van der Waals surface area contributed by atoms with E-state index in [1.54, 1.807) is 31.2 Å². The molecule has 114 valence electrons. The molecule has 2 aromatic rings. The fourth-order valence-corrected chi connectivity index (χ4v) is 2.16. The van der Waals surface area contributed by atoms with Gasteiger partial charge < -0.3 is 10.5 Å². The molecule has 0 saturated carbocycles. The molecule has 22 heavy (non-hydrogen) atoms. The van der Waals surface area contributed by atoms with Crippen LogP contribution >= 0.6 is 15.9 Å². The Morgan fingerprint density at radius 3 is 2.09 bits per heavy atom. The van der Waals surface area contributed by atoms with Crippen molar-refractivity contribution in [2.45, 2.75) is 13.0 Å². The molecule has 0 saturated heterocycles. The lowest BCUT2D eigenvalue weighted by Crippen LogP contribution is -2.33. The molecule has 2 aromatic carbocycles. The molecule has 0 heterocycles. The standard InChI is InChI=1S/C15H14BrN3O3/c1-10(19(18-21)15(17)20)11-2-6-13(7-3-11)22-14-8-4-12(16)5-9-14/h2-10H,1H3,(H2,17,20). The third kappa shape index (κ3) is 3.82. The van der Waals surface area contributed by atoms with Crippen LogP contribution in [0.3, 0.4) is 0 Å². The number of carbonyl (C=O) groups is 1. The summed E-state index contributed by atoms with van der Waals surface area (Å²) in [6.07, 6.45) is 0. The Bertz CT molecular complexity index is 659. The highest BCUT2D eigenvalue weighted by atomic mass is 79.9. The molecule has 0 spiro atoms. The molecule has 0 aromatic heterocycles. The minimum absolute atomic E-state index is 0.545. The third-order valence-corrected chi connectivity index (χ3v) is 3.62. The van der Waals surface area contributed by atoms with Gasteiger partial charge in [-0.1, -0.05) is 28.1 Å². The lowest BCUT2D eigenvalue weighted by molar-refractivity contribution is 0.191. The summed E-state index contributed by atoms with van der Waals surface area (Å²) in [7, 11) is 0. The molecule has 1 unspecified atom stereocenters. The maximum absolute atomic E-state index is 11.1. The first kappa shape index (κ1) is 16.0. The van der Waals surface area contributed by atoms with E-state index in [4.69, 9.17) is 10.5 Å². The Balaban J connectivity index is 2.11. The zero-order chi connectivity index (χ0) is 16.1. The Hall–Kier alpha value is -2.41. The summed E-state index contributed by atoms with van der Waals surface area (Å²) in [6.45, 7) is 1.66. The van der Waals surface area contributed by atoms with E-state index < -0.39 is 12.1 Å². The van der Waals surface area contributed by atoms with Gasteiger partial charge in [0, 0.05) is 4.47 Å². The second-order valence-electron chi connectivity index (χ2n) is 4.57. The molecular formula is C15H14BrN3O3. The Morgan fingerprint density at radius 2 is 1.64 bits per heavy atom. The van der Waals surface area contributed by atoms with Crippen molar-refractivity contribution < 1.29 is 9.53 Å². The van der Waals surface area contributed by atoms with E-state index in [9.17, 15) is 9.70 Å². The first-order valence-electron chi connectivity index (χ1n) is 6.46. The van der Waals surface area contributed by atoms with Crippen molar-refractivity contribution in [3.05, 3.63) is 63.5 Å². The molecule has 2 rings (SSSR count). The smallest absolute Gasteiger partial charge is 0.338 e. The van der Waals surface area contributed by atoms with Gasteiger partial charge >= 0.3 is 6.03 Å². The quantitative estimate of drug-likeness (QED) is 0.632. The molecular weight excluding hydrogens is 350 g/mol. The Morgan fingerprint density at radius 1 is 1.14 bits per heavy atom. The van der Waals surface area contributed by atoms with Crippen LogP contribution in [0.25, 0.3) is 0 Å². The first-order valence-corrected chi connectivity index (χ1v) is 7.26. The van der Waals surface area contributed by atoms with Gasteiger partial charge in [0.25, 0.3) is 0 Å². The van der Waals surface area contributed by atoms with Crippen LogP contribution in [0.4, 0.5) is 4.79 Å². The number of nitroso groups, excluding NO2 is 1. The maximum Gasteiger partial charge on any atom is 0.338 e. The predicted molar refractivity (Wildman–Crippen MR) is 86.3 cm³/mol. The SMILES string of the molecule is CC(c1ccc(Oc2ccc(Br)cc2)cc1)N(N=O)C(N)=O. The molecule has 7 heteroatoms. The van der Waals surface area contributed by atoms with E-state index in [1.165, 1.54) is 0 Å². The van der Waals surface area contributed by atoms with Crippen molar-refractivity contribution in [2.24, 2.45) is 11.0 Å². The zero-order valence-corrected chi connectivity index (χ0v) is 13.4. The summed E-state index contributed by atoms with van der Waals surface area (Å²) >= 11 is 3.36. The molecule has 2 N–H and O–H groups in total. The molecule has 0 aliphatic rings. The van der Waals surface area contributed by atoms with Crippen molar-refractivity contribution in [2.75, 3.05) is 0 Å². The Labute approximate surface area is 135 Å². The Kier molecular flexibility index (Phi) is 5.11. The van der Waals surface area contributed by atoms with Gasteiger partial charge in [-0.25, -0.2) is 4.79 Å². The normalized spacial score (nSPS) is 11.5. The molecule has 2 amide bonds. The van der Waals surface area contributed by atoms with Gasteiger partial charge in [0.1, 0.15) is 11.5 Å². The summed E-state index contributed by atoms with van der Waals surface area (Å²) < 4.78 is 6.66.